The van der Waals surface area contributed by atoms with Crippen molar-refractivity contribution in [3.8, 4) is 28.7 Å². The molecule has 2 atom stereocenters. The highest BCUT2D eigenvalue weighted by Gasteiger charge is 2.33. The standard InChI is InChI=1S/C22H25NO7S2/c1-6-7-30-20-15(23(24)25)8-14(11-16(20)26-2)22-31-12-19(32-22)13-9-17(27-3)21(29-5)18(10-13)28-4/h6,8-11,19,22H,1,7,12H2,2-5H3. The normalized spacial score (nSPS) is 17.5. The van der Waals surface area contributed by atoms with E-state index < -0.39 is 4.92 Å². The summed E-state index contributed by atoms with van der Waals surface area (Å²) in [6, 6.07) is 7.24. The fourth-order valence-corrected chi connectivity index (χ4v) is 6.62. The quantitative estimate of drug-likeness (QED) is 0.252. The number of benzene rings is 2. The van der Waals surface area contributed by atoms with Crippen molar-refractivity contribution < 1.29 is 28.6 Å². The van der Waals surface area contributed by atoms with E-state index in [2.05, 4.69) is 6.58 Å². The van der Waals surface area contributed by atoms with Gasteiger partial charge >= 0.3 is 5.69 Å². The van der Waals surface area contributed by atoms with Gasteiger partial charge in [0.05, 0.1) is 37.9 Å². The molecule has 1 aliphatic rings. The van der Waals surface area contributed by atoms with Gasteiger partial charge in [0.15, 0.2) is 17.2 Å². The molecule has 0 saturated carbocycles. The van der Waals surface area contributed by atoms with E-state index in [4.69, 9.17) is 23.7 Å². The maximum absolute atomic E-state index is 11.7. The average Bonchev–Trinajstić information content (AvgIpc) is 3.31. The van der Waals surface area contributed by atoms with Gasteiger partial charge in [-0.1, -0.05) is 12.7 Å². The van der Waals surface area contributed by atoms with Crippen LogP contribution < -0.4 is 23.7 Å². The van der Waals surface area contributed by atoms with Crippen LogP contribution in [0.15, 0.2) is 36.9 Å². The summed E-state index contributed by atoms with van der Waals surface area (Å²) in [6.07, 6.45) is 1.53. The van der Waals surface area contributed by atoms with Gasteiger partial charge in [0.25, 0.3) is 0 Å². The molecular weight excluding hydrogens is 454 g/mol. The summed E-state index contributed by atoms with van der Waals surface area (Å²) < 4.78 is 27.3. The summed E-state index contributed by atoms with van der Waals surface area (Å²) in [5.74, 6) is 2.98. The number of methoxy groups -OCH3 is 4. The van der Waals surface area contributed by atoms with E-state index in [1.807, 2.05) is 12.1 Å². The predicted molar refractivity (Wildman–Crippen MR) is 127 cm³/mol. The predicted octanol–water partition coefficient (Wildman–Crippen LogP) is 5.41. The first-order chi connectivity index (χ1) is 15.5. The lowest BCUT2D eigenvalue weighted by Gasteiger charge is -2.17. The van der Waals surface area contributed by atoms with E-state index in [0.29, 0.717) is 23.0 Å². The van der Waals surface area contributed by atoms with Crippen LogP contribution in [-0.4, -0.2) is 45.7 Å². The second-order valence-corrected chi connectivity index (χ2v) is 9.43. The third-order valence-corrected chi connectivity index (χ3v) is 8.18. The lowest BCUT2D eigenvalue weighted by molar-refractivity contribution is -0.385. The largest absolute Gasteiger partial charge is 0.493 e. The molecule has 0 amide bonds. The zero-order valence-corrected chi connectivity index (χ0v) is 19.9. The maximum Gasteiger partial charge on any atom is 0.315 e. The molecule has 2 aromatic rings. The van der Waals surface area contributed by atoms with Gasteiger partial charge in [-0.3, -0.25) is 10.1 Å². The Morgan fingerprint density at radius 2 is 1.59 bits per heavy atom. The second-order valence-electron chi connectivity index (χ2n) is 6.68. The Balaban J connectivity index is 1.92. The summed E-state index contributed by atoms with van der Waals surface area (Å²) in [4.78, 5) is 11.2. The Morgan fingerprint density at radius 1 is 1.00 bits per heavy atom. The Labute approximate surface area is 195 Å². The van der Waals surface area contributed by atoms with Crippen molar-refractivity contribution in [1.29, 1.82) is 0 Å². The minimum atomic E-state index is -0.453. The summed E-state index contributed by atoms with van der Waals surface area (Å²) in [5, 5.41) is 11.8. The van der Waals surface area contributed by atoms with Crippen LogP contribution in [0.5, 0.6) is 28.7 Å². The van der Waals surface area contributed by atoms with E-state index in [-0.39, 0.29) is 27.9 Å². The number of hydrogen-bond donors (Lipinski definition) is 0. The van der Waals surface area contributed by atoms with Crippen LogP contribution in [0.1, 0.15) is 21.0 Å². The molecule has 1 heterocycles. The third kappa shape index (κ3) is 4.86. The van der Waals surface area contributed by atoms with Crippen LogP contribution in [0.2, 0.25) is 0 Å². The Bertz CT molecular complexity index is 973. The number of nitrogens with zero attached hydrogens (tertiary/aromatic N) is 1. The van der Waals surface area contributed by atoms with E-state index in [0.717, 1.165) is 16.9 Å². The fourth-order valence-electron chi connectivity index (χ4n) is 3.36. The molecule has 2 aromatic carbocycles. The molecule has 32 heavy (non-hydrogen) atoms. The third-order valence-electron chi connectivity index (χ3n) is 4.84. The zero-order valence-electron chi connectivity index (χ0n) is 18.3. The molecule has 0 spiro atoms. The van der Waals surface area contributed by atoms with Crippen molar-refractivity contribution in [3.05, 3.63) is 58.2 Å². The topological polar surface area (TPSA) is 89.3 Å². The Morgan fingerprint density at radius 3 is 2.12 bits per heavy atom. The lowest BCUT2D eigenvalue weighted by atomic mass is 10.1. The number of nitro benzene ring substituents is 1. The van der Waals surface area contributed by atoms with Gasteiger partial charge in [-0.2, -0.15) is 0 Å². The van der Waals surface area contributed by atoms with Crippen LogP contribution in [0.3, 0.4) is 0 Å². The molecule has 10 heteroatoms. The summed E-state index contributed by atoms with van der Waals surface area (Å²) in [6.45, 7) is 3.74. The Kier molecular flexibility index (Phi) is 8.03. The number of hydrogen-bond acceptors (Lipinski definition) is 9. The van der Waals surface area contributed by atoms with Gasteiger partial charge in [-0.15, -0.1) is 23.5 Å². The van der Waals surface area contributed by atoms with E-state index in [1.54, 1.807) is 57.0 Å². The molecule has 1 saturated heterocycles. The average molecular weight is 480 g/mol. The summed E-state index contributed by atoms with van der Waals surface area (Å²) in [5.41, 5.74) is 1.70. The van der Waals surface area contributed by atoms with E-state index in [9.17, 15) is 10.1 Å². The van der Waals surface area contributed by atoms with Crippen molar-refractivity contribution in [2.24, 2.45) is 0 Å². The molecule has 1 aliphatic heterocycles. The smallest absolute Gasteiger partial charge is 0.315 e. The molecule has 172 valence electrons. The van der Waals surface area contributed by atoms with Crippen LogP contribution in [0, 0.1) is 10.1 Å². The van der Waals surface area contributed by atoms with Crippen molar-refractivity contribution >= 4 is 29.2 Å². The number of nitro groups is 1. The molecule has 0 aliphatic carbocycles. The molecule has 0 bridgehead atoms. The number of rotatable bonds is 10. The van der Waals surface area contributed by atoms with Crippen LogP contribution in [-0.2, 0) is 0 Å². The molecule has 0 aromatic heterocycles. The van der Waals surface area contributed by atoms with E-state index >= 15 is 0 Å². The lowest BCUT2D eigenvalue weighted by Crippen LogP contribution is -2.02. The van der Waals surface area contributed by atoms with Gasteiger partial charge in [-0.05, 0) is 29.3 Å². The van der Waals surface area contributed by atoms with Crippen molar-refractivity contribution in [1.82, 2.24) is 0 Å². The SMILES string of the molecule is C=CCOc1c(OC)cc(C2SCC(c3cc(OC)c(OC)c(OC)c3)S2)cc1[N+](=O)[O-]. The second kappa shape index (κ2) is 10.7. The summed E-state index contributed by atoms with van der Waals surface area (Å²) >= 11 is 3.42. The highest BCUT2D eigenvalue weighted by molar-refractivity contribution is 8.19. The van der Waals surface area contributed by atoms with Crippen molar-refractivity contribution in [2.75, 3.05) is 40.8 Å². The highest BCUT2D eigenvalue weighted by atomic mass is 32.2. The zero-order chi connectivity index (χ0) is 23.3. The van der Waals surface area contributed by atoms with Gasteiger partial charge in [0.2, 0.25) is 11.5 Å². The van der Waals surface area contributed by atoms with E-state index in [1.165, 1.54) is 13.2 Å². The molecule has 2 unspecified atom stereocenters. The molecule has 3 rings (SSSR count). The molecular formula is C22H25NO7S2. The van der Waals surface area contributed by atoms with Crippen molar-refractivity contribution in [2.45, 2.75) is 9.83 Å². The first-order valence-electron chi connectivity index (χ1n) is 9.64. The number of thioether (sulfide) groups is 2. The maximum atomic E-state index is 11.7. The van der Waals surface area contributed by atoms with Crippen molar-refractivity contribution in [3.63, 3.8) is 0 Å². The molecule has 8 nitrogen and oxygen atoms in total. The van der Waals surface area contributed by atoms with Crippen LogP contribution in [0.4, 0.5) is 5.69 Å². The number of ether oxygens (including phenoxy) is 5. The highest BCUT2D eigenvalue weighted by Crippen LogP contribution is 2.58. The molecule has 0 radical (unpaired) electrons. The minimum absolute atomic E-state index is 0.0138. The van der Waals surface area contributed by atoms with Gasteiger partial charge < -0.3 is 23.7 Å². The summed E-state index contributed by atoms with van der Waals surface area (Å²) in [7, 11) is 6.21. The van der Waals surface area contributed by atoms with Gasteiger partial charge in [0, 0.05) is 17.1 Å². The van der Waals surface area contributed by atoms with Gasteiger partial charge in [0.1, 0.15) is 6.61 Å². The fraction of sp³-hybridized carbons (Fsp3) is 0.364. The monoisotopic (exact) mass is 479 g/mol. The Hall–Kier alpha value is -2.72. The van der Waals surface area contributed by atoms with Crippen LogP contribution in [0.25, 0.3) is 0 Å². The van der Waals surface area contributed by atoms with Crippen LogP contribution >= 0.6 is 23.5 Å². The molecule has 0 N–H and O–H groups in total. The van der Waals surface area contributed by atoms with Gasteiger partial charge in [-0.25, -0.2) is 0 Å². The molecule has 1 fully saturated rings. The minimum Gasteiger partial charge on any atom is -0.493 e. The first kappa shape index (κ1) is 23.9. The first-order valence-corrected chi connectivity index (χ1v) is 11.6.